The van der Waals surface area contributed by atoms with Gasteiger partial charge in [-0.2, -0.15) is 0 Å². The van der Waals surface area contributed by atoms with Crippen molar-refractivity contribution in [1.82, 2.24) is 10.2 Å². The number of nitrogens with one attached hydrogen (secondary N) is 1. The Morgan fingerprint density at radius 3 is 2.56 bits per heavy atom. The van der Waals surface area contributed by atoms with E-state index in [2.05, 4.69) is 21.2 Å². The molecular weight excluding hydrogens is 298 g/mol. The maximum atomic E-state index is 11.4. The van der Waals surface area contributed by atoms with Gasteiger partial charge in [0.1, 0.15) is 0 Å². The predicted octanol–water partition coefficient (Wildman–Crippen LogP) is 0.407. The van der Waals surface area contributed by atoms with Crippen LogP contribution in [0, 0.1) is 0 Å². The molecule has 0 bridgehead atoms. The van der Waals surface area contributed by atoms with Crippen molar-refractivity contribution in [3.8, 4) is 0 Å². The first-order valence-electron chi connectivity index (χ1n) is 5.62. The Morgan fingerprint density at radius 1 is 1.33 bits per heavy atom. The van der Waals surface area contributed by atoms with E-state index in [-0.39, 0.29) is 30.9 Å². The monoisotopic (exact) mass is 311 g/mol. The number of imide groups is 1. The maximum absolute atomic E-state index is 11.4. The van der Waals surface area contributed by atoms with Gasteiger partial charge >= 0.3 is 0 Å². The third-order valence-corrected chi connectivity index (χ3v) is 3.36. The standard InChI is InChI=1S/C12H14BrN3O2/c13-9-3-1-2-8(4-9)10(5-14)16-6-11(17)15-12(18)7-16/h1-4,10H,5-7,14H2,(H,15,17,18). The summed E-state index contributed by atoms with van der Waals surface area (Å²) in [5, 5.41) is 2.28. The van der Waals surface area contributed by atoms with Crippen LogP contribution in [0.5, 0.6) is 0 Å². The summed E-state index contributed by atoms with van der Waals surface area (Å²) < 4.78 is 0.950. The van der Waals surface area contributed by atoms with E-state index in [4.69, 9.17) is 5.73 Å². The van der Waals surface area contributed by atoms with Gasteiger partial charge in [0, 0.05) is 17.1 Å². The van der Waals surface area contributed by atoms with Crippen LogP contribution < -0.4 is 11.1 Å². The van der Waals surface area contributed by atoms with Crippen molar-refractivity contribution in [3.05, 3.63) is 34.3 Å². The molecule has 1 aromatic rings. The van der Waals surface area contributed by atoms with Crippen LogP contribution in [0.25, 0.3) is 0 Å². The number of halogens is 1. The first kappa shape index (κ1) is 13.2. The summed E-state index contributed by atoms with van der Waals surface area (Å²) in [4.78, 5) is 24.6. The lowest BCUT2D eigenvalue weighted by atomic mass is 10.0. The normalized spacial score (nSPS) is 18.6. The Balaban J connectivity index is 2.22. The van der Waals surface area contributed by atoms with Gasteiger partial charge in [0.05, 0.1) is 13.1 Å². The lowest BCUT2D eigenvalue weighted by Crippen LogP contribution is -2.53. The van der Waals surface area contributed by atoms with Gasteiger partial charge in [-0.15, -0.1) is 0 Å². The van der Waals surface area contributed by atoms with Crippen LogP contribution in [0.15, 0.2) is 28.7 Å². The Bertz CT molecular complexity index is 462. The van der Waals surface area contributed by atoms with Crippen molar-refractivity contribution in [1.29, 1.82) is 0 Å². The molecule has 0 spiro atoms. The SMILES string of the molecule is NCC(c1cccc(Br)c1)N1CC(=O)NC(=O)C1. The molecule has 1 aliphatic heterocycles. The van der Waals surface area contributed by atoms with Crippen molar-refractivity contribution >= 4 is 27.7 Å². The molecule has 1 fully saturated rings. The Kier molecular flexibility index (Phi) is 4.11. The second kappa shape index (κ2) is 5.60. The molecule has 1 saturated heterocycles. The minimum Gasteiger partial charge on any atom is -0.329 e. The highest BCUT2D eigenvalue weighted by Crippen LogP contribution is 2.23. The van der Waals surface area contributed by atoms with Crippen LogP contribution >= 0.6 is 15.9 Å². The van der Waals surface area contributed by atoms with Gasteiger partial charge in [-0.25, -0.2) is 0 Å². The van der Waals surface area contributed by atoms with Crippen LogP contribution in [0.3, 0.4) is 0 Å². The third kappa shape index (κ3) is 2.95. The van der Waals surface area contributed by atoms with Crippen molar-refractivity contribution in [3.63, 3.8) is 0 Å². The summed E-state index contributed by atoms with van der Waals surface area (Å²) in [5.74, 6) is -0.556. The predicted molar refractivity (Wildman–Crippen MR) is 70.7 cm³/mol. The average Bonchev–Trinajstić information content (AvgIpc) is 2.28. The largest absolute Gasteiger partial charge is 0.329 e. The van der Waals surface area contributed by atoms with E-state index in [0.29, 0.717) is 6.54 Å². The number of carbonyl (C=O) groups is 2. The van der Waals surface area contributed by atoms with E-state index in [1.807, 2.05) is 24.3 Å². The Hall–Kier alpha value is -1.24. The molecule has 96 valence electrons. The molecular formula is C12H14BrN3O2. The molecule has 2 amide bonds. The number of hydrogen-bond donors (Lipinski definition) is 2. The molecule has 1 heterocycles. The zero-order valence-corrected chi connectivity index (χ0v) is 11.3. The number of nitrogens with zero attached hydrogens (tertiary/aromatic N) is 1. The number of nitrogens with two attached hydrogens (primary N) is 1. The van der Waals surface area contributed by atoms with Crippen LogP contribution in [0.4, 0.5) is 0 Å². The summed E-state index contributed by atoms with van der Waals surface area (Å²) in [6.45, 7) is 0.747. The highest BCUT2D eigenvalue weighted by Gasteiger charge is 2.28. The fraction of sp³-hybridized carbons (Fsp3) is 0.333. The molecule has 1 unspecified atom stereocenters. The van der Waals surface area contributed by atoms with Gasteiger partial charge in [-0.1, -0.05) is 28.1 Å². The lowest BCUT2D eigenvalue weighted by Gasteiger charge is -2.32. The average molecular weight is 312 g/mol. The van der Waals surface area contributed by atoms with Crippen molar-refractivity contribution in [2.45, 2.75) is 6.04 Å². The number of amides is 2. The Labute approximate surface area is 113 Å². The highest BCUT2D eigenvalue weighted by atomic mass is 79.9. The van der Waals surface area contributed by atoms with E-state index >= 15 is 0 Å². The number of piperazine rings is 1. The van der Waals surface area contributed by atoms with Crippen molar-refractivity contribution in [2.24, 2.45) is 5.73 Å². The van der Waals surface area contributed by atoms with Gasteiger partial charge in [0.15, 0.2) is 0 Å². The van der Waals surface area contributed by atoms with Crippen molar-refractivity contribution in [2.75, 3.05) is 19.6 Å². The summed E-state index contributed by atoms with van der Waals surface area (Å²) >= 11 is 3.40. The van der Waals surface area contributed by atoms with Crippen LogP contribution in [-0.2, 0) is 9.59 Å². The fourth-order valence-corrected chi connectivity index (χ4v) is 2.51. The molecule has 0 aliphatic carbocycles. The number of benzene rings is 1. The quantitative estimate of drug-likeness (QED) is 0.793. The second-order valence-corrected chi connectivity index (χ2v) is 5.10. The molecule has 5 nitrogen and oxygen atoms in total. The van der Waals surface area contributed by atoms with Crippen LogP contribution in [-0.4, -0.2) is 36.3 Å². The van der Waals surface area contributed by atoms with Crippen LogP contribution in [0.1, 0.15) is 11.6 Å². The van der Waals surface area contributed by atoms with Gasteiger partial charge in [-0.3, -0.25) is 19.8 Å². The molecule has 0 radical (unpaired) electrons. The molecule has 0 saturated carbocycles. The first-order valence-corrected chi connectivity index (χ1v) is 6.41. The topological polar surface area (TPSA) is 75.4 Å². The minimum atomic E-state index is -0.278. The van der Waals surface area contributed by atoms with E-state index in [1.54, 1.807) is 4.90 Å². The highest BCUT2D eigenvalue weighted by molar-refractivity contribution is 9.10. The van der Waals surface area contributed by atoms with E-state index in [9.17, 15) is 9.59 Å². The third-order valence-electron chi connectivity index (χ3n) is 2.87. The van der Waals surface area contributed by atoms with E-state index < -0.39 is 0 Å². The lowest BCUT2D eigenvalue weighted by molar-refractivity contribution is -0.137. The second-order valence-electron chi connectivity index (χ2n) is 4.18. The molecule has 1 aliphatic rings. The number of carbonyl (C=O) groups excluding carboxylic acids is 2. The van der Waals surface area contributed by atoms with Crippen molar-refractivity contribution < 1.29 is 9.59 Å². The summed E-state index contributed by atoms with van der Waals surface area (Å²) in [6.07, 6.45) is 0. The van der Waals surface area contributed by atoms with E-state index in [0.717, 1.165) is 10.0 Å². The van der Waals surface area contributed by atoms with Gasteiger partial charge in [0.25, 0.3) is 0 Å². The van der Waals surface area contributed by atoms with Crippen LogP contribution in [0.2, 0.25) is 0 Å². The minimum absolute atomic E-state index is 0.127. The van der Waals surface area contributed by atoms with Gasteiger partial charge in [-0.05, 0) is 17.7 Å². The first-order chi connectivity index (χ1) is 8.60. The zero-order valence-electron chi connectivity index (χ0n) is 9.73. The zero-order chi connectivity index (χ0) is 13.1. The maximum Gasteiger partial charge on any atom is 0.240 e. The van der Waals surface area contributed by atoms with Gasteiger partial charge < -0.3 is 5.73 Å². The van der Waals surface area contributed by atoms with E-state index in [1.165, 1.54) is 0 Å². The van der Waals surface area contributed by atoms with Gasteiger partial charge in [0.2, 0.25) is 11.8 Å². The Morgan fingerprint density at radius 2 is 2.00 bits per heavy atom. The molecule has 1 atom stereocenters. The summed E-state index contributed by atoms with van der Waals surface area (Å²) in [5.41, 5.74) is 6.77. The molecule has 3 N–H and O–H groups in total. The molecule has 0 aromatic heterocycles. The molecule has 6 heteroatoms. The molecule has 2 rings (SSSR count). The molecule has 1 aromatic carbocycles. The summed E-state index contributed by atoms with van der Waals surface area (Å²) in [7, 11) is 0. The smallest absolute Gasteiger partial charge is 0.240 e. The molecule has 18 heavy (non-hydrogen) atoms. The summed E-state index contributed by atoms with van der Waals surface area (Å²) in [6, 6.07) is 7.60. The fourth-order valence-electron chi connectivity index (χ4n) is 2.09. The number of hydrogen-bond acceptors (Lipinski definition) is 4. The number of rotatable bonds is 3.